The number of rotatable bonds is 8. The minimum atomic E-state index is -4.40. The van der Waals surface area contributed by atoms with E-state index in [1.165, 1.54) is 6.07 Å². The molecule has 36 heavy (non-hydrogen) atoms. The molecule has 1 saturated carbocycles. The van der Waals surface area contributed by atoms with Crippen molar-refractivity contribution in [1.82, 2.24) is 25.0 Å². The van der Waals surface area contributed by atoms with Crippen LogP contribution < -0.4 is 10.1 Å². The number of hydrogen-bond donors (Lipinski definition) is 1. The number of nitrogens with zero attached hydrogens (tertiary/aromatic N) is 4. The van der Waals surface area contributed by atoms with Gasteiger partial charge in [-0.3, -0.25) is 9.48 Å². The lowest BCUT2D eigenvalue weighted by molar-refractivity contribution is -0.154. The highest BCUT2D eigenvalue weighted by atomic mass is 19.4. The monoisotopic (exact) mass is 511 g/mol. The average Bonchev–Trinajstić information content (AvgIpc) is 3.11. The van der Waals surface area contributed by atoms with Crippen LogP contribution in [-0.2, 0) is 31.1 Å². The third-order valence-corrected chi connectivity index (χ3v) is 7.03. The Kier molecular flexibility index (Phi) is 8.17. The fraction of sp³-hybridized carbons (Fsp3) is 0.640. The van der Waals surface area contributed by atoms with Crippen LogP contribution in [0.1, 0.15) is 48.9 Å². The summed E-state index contributed by atoms with van der Waals surface area (Å²) in [6.07, 6.45) is 3.14. The Hall–Kier alpha value is -2.69. The SMILES string of the molecule is Cn1cc(CC(=O)N[C@H]2CC[C@](F)(CCN3CCc4ccc(OCC(F)(F)F)nc4CC3)CC2)cn1. The summed E-state index contributed by atoms with van der Waals surface area (Å²) in [4.78, 5) is 18.8. The summed E-state index contributed by atoms with van der Waals surface area (Å²) in [6, 6.07) is 3.24. The minimum Gasteiger partial charge on any atom is -0.468 e. The second-order valence-electron chi connectivity index (χ2n) is 9.94. The maximum absolute atomic E-state index is 15.5. The number of hydrogen-bond acceptors (Lipinski definition) is 5. The van der Waals surface area contributed by atoms with Gasteiger partial charge in [-0.1, -0.05) is 6.07 Å². The van der Waals surface area contributed by atoms with Crippen molar-refractivity contribution in [3.63, 3.8) is 0 Å². The molecule has 11 heteroatoms. The molecule has 0 spiro atoms. The van der Waals surface area contributed by atoms with Crippen molar-refractivity contribution >= 4 is 5.91 Å². The first-order chi connectivity index (χ1) is 17.1. The van der Waals surface area contributed by atoms with E-state index in [0.29, 0.717) is 58.0 Å². The summed E-state index contributed by atoms with van der Waals surface area (Å²) in [5.74, 6) is -0.0874. The molecule has 0 radical (unpaired) electrons. The van der Waals surface area contributed by atoms with E-state index in [0.717, 1.165) is 23.4 Å². The normalized spacial score (nSPS) is 23.1. The topological polar surface area (TPSA) is 72.3 Å². The van der Waals surface area contributed by atoms with Gasteiger partial charge in [0.05, 0.1) is 12.6 Å². The van der Waals surface area contributed by atoms with Crippen LogP contribution in [0.4, 0.5) is 17.6 Å². The number of aromatic nitrogens is 3. The summed E-state index contributed by atoms with van der Waals surface area (Å²) in [5, 5.41) is 7.10. The molecule has 198 valence electrons. The quantitative estimate of drug-likeness (QED) is 0.549. The van der Waals surface area contributed by atoms with E-state index >= 15 is 4.39 Å². The number of pyridine rings is 1. The van der Waals surface area contributed by atoms with Gasteiger partial charge in [-0.25, -0.2) is 9.37 Å². The van der Waals surface area contributed by atoms with Gasteiger partial charge in [-0.2, -0.15) is 18.3 Å². The molecule has 4 rings (SSSR count). The van der Waals surface area contributed by atoms with Gasteiger partial charge in [-0.15, -0.1) is 0 Å². The largest absolute Gasteiger partial charge is 0.468 e. The number of ether oxygens (including phenoxy) is 1. The molecular weight excluding hydrogens is 478 g/mol. The van der Waals surface area contributed by atoms with E-state index < -0.39 is 18.5 Å². The molecule has 0 bridgehead atoms. The molecule has 2 aliphatic rings. The van der Waals surface area contributed by atoms with Gasteiger partial charge in [0, 0.05) is 57.1 Å². The zero-order valence-electron chi connectivity index (χ0n) is 20.5. The first-order valence-electron chi connectivity index (χ1n) is 12.4. The molecule has 0 saturated heterocycles. The fourth-order valence-corrected chi connectivity index (χ4v) is 4.98. The van der Waals surface area contributed by atoms with Crippen molar-refractivity contribution < 1.29 is 27.1 Å². The Bertz CT molecular complexity index is 1030. The number of halogens is 4. The standard InChI is InChI=1S/C25H33F4N5O2/c1-33-16-18(15-30-33)14-22(35)31-20-4-8-24(26,9-5-20)10-13-34-11-6-19-2-3-23(32-21(19)7-12-34)36-17-25(27,28)29/h2-3,15-16,20H,4-14,17H2,1H3,(H,31,35)/t20-,24+. The number of carbonyl (C=O) groups is 1. The van der Waals surface area contributed by atoms with Crippen LogP contribution in [0.2, 0.25) is 0 Å². The maximum Gasteiger partial charge on any atom is 0.422 e. The van der Waals surface area contributed by atoms with Crippen LogP contribution in [0, 0.1) is 0 Å². The Morgan fingerprint density at radius 1 is 1.22 bits per heavy atom. The van der Waals surface area contributed by atoms with E-state index in [-0.39, 0.29) is 24.2 Å². The van der Waals surface area contributed by atoms with E-state index in [2.05, 4.69) is 20.3 Å². The van der Waals surface area contributed by atoms with E-state index in [4.69, 9.17) is 4.74 Å². The predicted molar refractivity (Wildman–Crippen MR) is 125 cm³/mol. The minimum absolute atomic E-state index is 0.00873. The van der Waals surface area contributed by atoms with Crippen molar-refractivity contribution in [2.45, 2.75) is 69.3 Å². The zero-order chi connectivity index (χ0) is 25.8. The van der Waals surface area contributed by atoms with Gasteiger partial charge in [0.15, 0.2) is 6.61 Å². The molecule has 1 fully saturated rings. The lowest BCUT2D eigenvalue weighted by Gasteiger charge is -2.35. The summed E-state index contributed by atoms with van der Waals surface area (Å²) in [5.41, 5.74) is 1.34. The number of fused-ring (bicyclic) bond motifs is 1. The summed E-state index contributed by atoms with van der Waals surface area (Å²) < 4.78 is 59.2. The van der Waals surface area contributed by atoms with Gasteiger partial charge in [0.1, 0.15) is 5.67 Å². The molecule has 1 amide bonds. The lowest BCUT2D eigenvalue weighted by atomic mass is 9.81. The molecule has 1 aliphatic heterocycles. The molecule has 0 unspecified atom stereocenters. The summed E-state index contributed by atoms with van der Waals surface area (Å²) in [7, 11) is 1.80. The third kappa shape index (κ3) is 7.65. The van der Waals surface area contributed by atoms with E-state index in [1.807, 2.05) is 6.20 Å². The van der Waals surface area contributed by atoms with Crippen molar-refractivity contribution in [1.29, 1.82) is 0 Å². The van der Waals surface area contributed by atoms with Crippen LogP contribution in [0.3, 0.4) is 0 Å². The predicted octanol–water partition coefficient (Wildman–Crippen LogP) is 3.56. The second-order valence-corrected chi connectivity index (χ2v) is 9.94. The van der Waals surface area contributed by atoms with Gasteiger partial charge >= 0.3 is 6.18 Å². The summed E-state index contributed by atoms with van der Waals surface area (Å²) in [6.45, 7) is 0.671. The van der Waals surface area contributed by atoms with Crippen LogP contribution in [0.25, 0.3) is 0 Å². The maximum atomic E-state index is 15.5. The molecule has 1 N–H and O–H groups in total. The van der Waals surface area contributed by atoms with Crippen molar-refractivity contribution in [2.75, 3.05) is 26.2 Å². The third-order valence-electron chi connectivity index (χ3n) is 7.03. The molecular formula is C25H33F4N5O2. The van der Waals surface area contributed by atoms with Crippen molar-refractivity contribution in [2.24, 2.45) is 7.05 Å². The van der Waals surface area contributed by atoms with Gasteiger partial charge in [-0.05, 0) is 49.7 Å². The highest BCUT2D eigenvalue weighted by Gasteiger charge is 2.36. The Morgan fingerprint density at radius 2 is 1.97 bits per heavy atom. The number of nitrogens with one attached hydrogen (secondary N) is 1. The Morgan fingerprint density at radius 3 is 2.67 bits per heavy atom. The smallest absolute Gasteiger partial charge is 0.422 e. The van der Waals surface area contributed by atoms with E-state index in [9.17, 15) is 18.0 Å². The van der Waals surface area contributed by atoms with E-state index in [1.54, 1.807) is 24.0 Å². The highest BCUT2D eigenvalue weighted by Crippen LogP contribution is 2.35. The van der Waals surface area contributed by atoms with Crippen LogP contribution in [0.5, 0.6) is 5.88 Å². The number of amides is 1. The first-order valence-corrected chi connectivity index (χ1v) is 12.4. The lowest BCUT2D eigenvalue weighted by Crippen LogP contribution is -2.43. The number of carbonyl (C=O) groups excluding carboxylic acids is 1. The molecule has 0 atom stereocenters. The Labute approximate surface area is 208 Å². The average molecular weight is 512 g/mol. The highest BCUT2D eigenvalue weighted by molar-refractivity contribution is 5.78. The molecule has 0 aromatic carbocycles. The van der Waals surface area contributed by atoms with Crippen molar-refractivity contribution in [3.05, 3.63) is 41.3 Å². The van der Waals surface area contributed by atoms with Crippen LogP contribution in [0.15, 0.2) is 24.5 Å². The summed E-state index contributed by atoms with van der Waals surface area (Å²) >= 11 is 0. The van der Waals surface area contributed by atoms with Gasteiger partial charge in [0.25, 0.3) is 0 Å². The number of alkyl halides is 4. The van der Waals surface area contributed by atoms with Gasteiger partial charge < -0.3 is 15.0 Å². The molecule has 1 aliphatic carbocycles. The van der Waals surface area contributed by atoms with Crippen LogP contribution in [-0.4, -0.2) is 69.7 Å². The zero-order valence-corrected chi connectivity index (χ0v) is 20.5. The first kappa shape index (κ1) is 26.4. The second kappa shape index (κ2) is 11.1. The molecule has 2 aromatic rings. The Balaban J connectivity index is 1.19. The van der Waals surface area contributed by atoms with Crippen molar-refractivity contribution in [3.8, 4) is 5.88 Å². The molecule has 3 heterocycles. The fourth-order valence-electron chi connectivity index (χ4n) is 4.98. The number of aryl methyl sites for hydroxylation is 1. The molecule has 2 aromatic heterocycles. The van der Waals surface area contributed by atoms with Gasteiger partial charge in [0.2, 0.25) is 11.8 Å². The molecule has 7 nitrogen and oxygen atoms in total. The van der Waals surface area contributed by atoms with Crippen LogP contribution >= 0.6 is 0 Å².